The average Bonchev–Trinajstić information content (AvgIpc) is 3.35. The molecule has 0 saturated carbocycles. The second-order valence-electron chi connectivity index (χ2n) is 20.1. The monoisotopic (exact) mass is 972 g/mol. The molecule has 9 heteroatoms. The molecule has 7 unspecified atom stereocenters. The van der Waals surface area contributed by atoms with Crippen LogP contribution in [0, 0.1) is 0 Å². The van der Waals surface area contributed by atoms with Crippen LogP contribution in [0.3, 0.4) is 0 Å². The molecule has 1 aliphatic heterocycles. The second kappa shape index (κ2) is 49.5. The fraction of sp³-hybridized carbons (Fsp3) is 0.817. The number of amides is 1. The fourth-order valence-corrected chi connectivity index (χ4v) is 9.05. The highest BCUT2D eigenvalue weighted by Crippen LogP contribution is 2.23. The van der Waals surface area contributed by atoms with Gasteiger partial charge in [-0.05, 0) is 71.1 Å². The van der Waals surface area contributed by atoms with Crippen molar-refractivity contribution in [2.75, 3.05) is 13.2 Å². The maximum Gasteiger partial charge on any atom is 0.220 e. The van der Waals surface area contributed by atoms with Crippen LogP contribution in [0.1, 0.15) is 258 Å². The third kappa shape index (κ3) is 39.1. The Morgan fingerprint density at radius 1 is 0.522 bits per heavy atom. The molecule has 1 fully saturated rings. The SMILES string of the molecule is C/C=C/CC/C=C/CC/C=C/C(O)C(COC1OC(CO)C(O)C(O)C1O)NC(=O)CCCCCCCCCCCCCCCCCCC/C=C\C/C=C\CCCCCCCCCCCCCCC. The zero-order valence-corrected chi connectivity index (χ0v) is 44.6. The molecule has 402 valence electrons. The molecule has 9 nitrogen and oxygen atoms in total. The van der Waals surface area contributed by atoms with Crippen LogP contribution in [0.5, 0.6) is 0 Å². The van der Waals surface area contributed by atoms with E-state index in [1.165, 1.54) is 186 Å². The van der Waals surface area contributed by atoms with E-state index in [9.17, 15) is 30.3 Å². The molecule has 69 heavy (non-hydrogen) atoms. The lowest BCUT2D eigenvalue weighted by Gasteiger charge is -2.40. The van der Waals surface area contributed by atoms with E-state index in [2.05, 4.69) is 54.8 Å². The molecule has 1 rings (SSSR count). The fourth-order valence-electron chi connectivity index (χ4n) is 9.05. The number of carbonyl (C=O) groups excluding carboxylic acids is 1. The van der Waals surface area contributed by atoms with Crippen molar-refractivity contribution in [3.05, 3.63) is 60.8 Å². The van der Waals surface area contributed by atoms with Crippen molar-refractivity contribution in [2.45, 2.75) is 301 Å². The summed E-state index contributed by atoms with van der Waals surface area (Å²) in [5.74, 6) is -0.193. The Bertz CT molecular complexity index is 1270. The highest BCUT2D eigenvalue weighted by atomic mass is 16.7. The van der Waals surface area contributed by atoms with Gasteiger partial charge in [0, 0.05) is 6.42 Å². The van der Waals surface area contributed by atoms with E-state index in [1.807, 2.05) is 19.1 Å². The summed E-state index contributed by atoms with van der Waals surface area (Å²) in [6.45, 7) is 3.53. The number of hydrogen-bond donors (Lipinski definition) is 6. The lowest BCUT2D eigenvalue weighted by atomic mass is 9.99. The molecule has 7 atom stereocenters. The first-order chi connectivity index (χ1) is 33.8. The van der Waals surface area contributed by atoms with Gasteiger partial charge < -0.3 is 40.3 Å². The molecular weight excluding hydrogens is 863 g/mol. The predicted molar refractivity (Wildman–Crippen MR) is 290 cm³/mol. The van der Waals surface area contributed by atoms with E-state index in [-0.39, 0.29) is 12.5 Å². The lowest BCUT2D eigenvalue weighted by molar-refractivity contribution is -0.302. The molecular formula is C60H109NO8. The minimum Gasteiger partial charge on any atom is -0.394 e. The Morgan fingerprint density at radius 3 is 1.38 bits per heavy atom. The van der Waals surface area contributed by atoms with Crippen LogP contribution in [0.25, 0.3) is 0 Å². The first-order valence-electron chi connectivity index (χ1n) is 29.0. The van der Waals surface area contributed by atoms with E-state index in [0.29, 0.717) is 6.42 Å². The van der Waals surface area contributed by atoms with Crippen molar-refractivity contribution in [2.24, 2.45) is 0 Å². The van der Waals surface area contributed by atoms with Crippen molar-refractivity contribution in [3.8, 4) is 0 Å². The molecule has 1 saturated heterocycles. The minimum absolute atomic E-state index is 0.193. The summed E-state index contributed by atoms with van der Waals surface area (Å²) in [7, 11) is 0. The number of rotatable bonds is 49. The maximum absolute atomic E-state index is 13.0. The van der Waals surface area contributed by atoms with Gasteiger partial charge in [0.05, 0.1) is 25.4 Å². The molecule has 0 aromatic rings. The summed E-state index contributed by atoms with van der Waals surface area (Å²) < 4.78 is 11.2. The number of unbranched alkanes of at least 4 members (excludes halogenated alkanes) is 32. The van der Waals surface area contributed by atoms with Gasteiger partial charge in [0.25, 0.3) is 0 Å². The number of aliphatic hydroxyl groups excluding tert-OH is 5. The summed E-state index contributed by atoms with van der Waals surface area (Å²) >= 11 is 0. The summed E-state index contributed by atoms with van der Waals surface area (Å²) in [6, 6.07) is -0.827. The molecule has 1 aliphatic rings. The number of ether oxygens (including phenoxy) is 2. The summed E-state index contributed by atoms with van der Waals surface area (Å²) in [5.41, 5.74) is 0. The molecule has 1 amide bonds. The van der Waals surface area contributed by atoms with Crippen LogP contribution in [0.4, 0.5) is 0 Å². The molecule has 0 aromatic carbocycles. The van der Waals surface area contributed by atoms with Gasteiger partial charge >= 0.3 is 0 Å². The van der Waals surface area contributed by atoms with Crippen LogP contribution in [-0.4, -0.2) is 87.5 Å². The molecule has 0 spiro atoms. The Kier molecular flexibility index (Phi) is 46.5. The van der Waals surface area contributed by atoms with Crippen LogP contribution < -0.4 is 5.32 Å². The van der Waals surface area contributed by atoms with Crippen LogP contribution in [-0.2, 0) is 14.3 Å². The van der Waals surface area contributed by atoms with Crippen molar-refractivity contribution in [1.29, 1.82) is 0 Å². The average molecular weight is 973 g/mol. The van der Waals surface area contributed by atoms with Crippen LogP contribution >= 0.6 is 0 Å². The molecule has 1 heterocycles. The summed E-state index contributed by atoms with van der Waals surface area (Å²) in [4.78, 5) is 13.0. The van der Waals surface area contributed by atoms with Crippen LogP contribution in [0.2, 0.25) is 0 Å². The number of allylic oxidation sites excluding steroid dienone is 9. The number of carbonyl (C=O) groups is 1. The Labute approximate surface area is 424 Å². The third-order valence-corrected chi connectivity index (χ3v) is 13.6. The van der Waals surface area contributed by atoms with Crippen molar-refractivity contribution in [3.63, 3.8) is 0 Å². The molecule has 0 radical (unpaired) electrons. The normalized spacial score (nSPS) is 19.9. The minimum atomic E-state index is -1.57. The Hall–Kier alpha value is -2.11. The number of hydrogen-bond acceptors (Lipinski definition) is 8. The Balaban J connectivity index is 2.03. The lowest BCUT2D eigenvalue weighted by Crippen LogP contribution is -2.60. The van der Waals surface area contributed by atoms with E-state index in [1.54, 1.807) is 6.08 Å². The first-order valence-corrected chi connectivity index (χ1v) is 29.0. The van der Waals surface area contributed by atoms with E-state index >= 15 is 0 Å². The van der Waals surface area contributed by atoms with Gasteiger partial charge in [0.15, 0.2) is 6.29 Å². The van der Waals surface area contributed by atoms with Gasteiger partial charge in [0.2, 0.25) is 5.91 Å². The van der Waals surface area contributed by atoms with E-state index < -0.39 is 49.5 Å². The topological polar surface area (TPSA) is 149 Å². The third-order valence-electron chi connectivity index (χ3n) is 13.6. The predicted octanol–water partition coefficient (Wildman–Crippen LogP) is 14.3. The second-order valence-corrected chi connectivity index (χ2v) is 20.1. The number of aliphatic hydroxyl groups is 5. The highest BCUT2D eigenvalue weighted by Gasteiger charge is 2.44. The standard InChI is InChI=1S/C60H109NO8/c1-3-5-7-9-11-13-14-15-16-17-18-19-20-21-22-23-24-25-26-27-28-29-30-31-32-33-34-35-36-37-38-39-40-42-44-46-48-50-56(64)61-53(54(63)49-47-45-43-41-12-10-8-6-4-2)52-68-60-59(67)58(66)57(65)55(51-62)69-60/h4,6,12,22-23,25-26,41,47,49,53-55,57-60,62-63,65-67H,3,5,7-11,13-21,24,27-40,42-46,48,50-52H2,1-2H3,(H,61,64)/b6-4+,23-22-,26-25-,41-12+,49-47+. The zero-order chi connectivity index (χ0) is 50.1. The zero-order valence-electron chi connectivity index (χ0n) is 44.6. The number of nitrogens with one attached hydrogen (secondary N) is 1. The van der Waals surface area contributed by atoms with Gasteiger partial charge in [0.1, 0.15) is 24.4 Å². The molecule has 0 aromatic heterocycles. The molecule has 0 bridgehead atoms. The maximum atomic E-state index is 13.0. The van der Waals surface area contributed by atoms with Gasteiger partial charge in [-0.25, -0.2) is 0 Å². The van der Waals surface area contributed by atoms with Crippen molar-refractivity contribution >= 4 is 5.91 Å². The first kappa shape index (κ1) is 64.9. The van der Waals surface area contributed by atoms with Gasteiger partial charge in [-0.1, -0.05) is 241 Å². The summed E-state index contributed by atoms with van der Waals surface area (Å²) in [5, 5.41) is 54.1. The van der Waals surface area contributed by atoms with Crippen molar-refractivity contribution in [1.82, 2.24) is 5.32 Å². The largest absolute Gasteiger partial charge is 0.394 e. The van der Waals surface area contributed by atoms with Gasteiger partial charge in [-0.15, -0.1) is 0 Å². The summed E-state index contributed by atoms with van der Waals surface area (Å²) in [6.07, 6.45) is 60.7. The van der Waals surface area contributed by atoms with Gasteiger partial charge in [-0.2, -0.15) is 0 Å². The van der Waals surface area contributed by atoms with Crippen molar-refractivity contribution < 1.29 is 39.8 Å². The molecule has 6 N–H and O–H groups in total. The Morgan fingerprint density at radius 2 is 0.928 bits per heavy atom. The van der Waals surface area contributed by atoms with Crippen LogP contribution in [0.15, 0.2) is 60.8 Å². The van der Waals surface area contributed by atoms with E-state index in [0.717, 1.165) is 51.4 Å². The quantitative estimate of drug-likeness (QED) is 0.0261. The highest BCUT2D eigenvalue weighted by molar-refractivity contribution is 5.76. The van der Waals surface area contributed by atoms with E-state index in [4.69, 9.17) is 9.47 Å². The molecule has 0 aliphatic carbocycles. The van der Waals surface area contributed by atoms with Gasteiger partial charge in [-0.3, -0.25) is 4.79 Å². The smallest absolute Gasteiger partial charge is 0.220 e.